The number of H-pyrrole nitrogens is 1. The van der Waals surface area contributed by atoms with Gasteiger partial charge in [0.15, 0.2) is 17.2 Å². The molecule has 40 heavy (non-hydrogen) atoms. The molecule has 0 spiro atoms. The first-order chi connectivity index (χ1) is 19.2. The number of carbonyl (C=O) groups excluding carboxylic acids is 1. The molecule has 0 aliphatic carbocycles. The van der Waals surface area contributed by atoms with Crippen molar-refractivity contribution in [1.29, 1.82) is 5.26 Å². The van der Waals surface area contributed by atoms with Gasteiger partial charge in [-0.25, -0.2) is 24.3 Å². The van der Waals surface area contributed by atoms with Crippen molar-refractivity contribution in [2.75, 3.05) is 26.2 Å². The molecule has 4 aromatic rings. The highest BCUT2D eigenvalue weighted by atomic mass is 19.4. The first kappa shape index (κ1) is 25.8. The average Bonchev–Trinajstić information content (AvgIpc) is 3.60. The predicted molar refractivity (Wildman–Crippen MR) is 131 cm³/mol. The Morgan fingerprint density at radius 2 is 1.95 bits per heavy atom. The number of hydrogen-bond donors (Lipinski definition) is 1. The van der Waals surface area contributed by atoms with E-state index >= 15 is 0 Å². The van der Waals surface area contributed by atoms with E-state index in [1.807, 2.05) is 10.8 Å². The summed E-state index contributed by atoms with van der Waals surface area (Å²) in [5.41, 5.74) is -0.953. The maximum absolute atomic E-state index is 14.4. The summed E-state index contributed by atoms with van der Waals surface area (Å²) in [6.07, 6.45) is 3.84. The van der Waals surface area contributed by atoms with Crippen molar-refractivity contribution in [2.24, 2.45) is 0 Å². The lowest BCUT2D eigenvalue weighted by molar-refractivity contribution is -0.143. The molecule has 0 bridgehead atoms. The first-order valence-electron chi connectivity index (χ1n) is 12.5. The second-order valence-corrected chi connectivity index (χ2v) is 10.0. The van der Waals surface area contributed by atoms with Crippen LogP contribution in [0, 0.1) is 17.1 Å². The fraction of sp³-hybridized carbons (Fsp3) is 0.400. The number of aromatic amines is 1. The normalized spacial score (nSPS) is 18.0. The molecule has 6 heterocycles. The maximum atomic E-state index is 14.4. The number of nitrogens with one attached hydrogen (secondary N) is 1. The highest BCUT2D eigenvalue weighted by Crippen LogP contribution is 2.38. The van der Waals surface area contributed by atoms with Crippen molar-refractivity contribution in [2.45, 2.75) is 37.0 Å². The van der Waals surface area contributed by atoms with Crippen LogP contribution in [0.2, 0.25) is 0 Å². The molecular weight excluding hydrogens is 532 g/mol. The number of nitrogens with zero attached hydrogens (tertiary/aromatic N) is 9. The van der Waals surface area contributed by atoms with Crippen LogP contribution >= 0.6 is 0 Å². The Morgan fingerprint density at radius 1 is 1.18 bits per heavy atom. The van der Waals surface area contributed by atoms with Gasteiger partial charge in [-0.05, 0) is 18.9 Å². The third-order valence-electron chi connectivity index (χ3n) is 7.68. The molecule has 0 aromatic carbocycles. The number of likely N-dealkylation sites (tertiary alicyclic amines) is 2. The fourth-order valence-corrected chi connectivity index (χ4v) is 5.57. The van der Waals surface area contributed by atoms with Crippen LogP contribution in [0.3, 0.4) is 0 Å². The molecule has 2 saturated heterocycles. The number of rotatable bonds is 5. The minimum atomic E-state index is -4.99. The number of aromatic nitrogens is 7. The van der Waals surface area contributed by atoms with Crippen molar-refractivity contribution in [3.63, 3.8) is 0 Å². The van der Waals surface area contributed by atoms with Gasteiger partial charge in [0.2, 0.25) is 0 Å². The Hall–Kier alpha value is -4.45. The molecule has 2 fully saturated rings. The molecule has 0 unspecified atom stereocenters. The Bertz CT molecular complexity index is 1610. The third kappa shape index (κ3) is 4.34. The van der Waals surface area contributed by atoms with E-state index in [0.717, 1.165) is 17.6 Å². The number of hydrogen-bond acceptors (Lipinski definition) is 8. The highest BCUT2D eigenvalue weighted by Gasteiger charge is 2.48. The van der Waals surface area contributed by atoms with Gasteiger partial charge in [0.25, 0.3) is 5.91 Å². The summed E-state index contributed by atoms with van der Waals surface area (Å²) in [5, 5.41) is 17.1. The Morgan fingerprint density at radius 3 is 2.67 bits per heavy atom. The van der Waals surface area contributed by atoms with E-state index in [1.54, 1.807) is 12.5 Å². The van der Waals surface area contributed by atoms with E-state index in [-0.39, 0.29) is 25.6 Å². The summed E-state index contributed by atoms with van der Waals surface area (Å²) in [6, 6.07) is 3.36. The zero-order chi connectivity index (χ0) is 28.1. The number of pyridine rings is 1. The van der Waals surface area contributed by atoms with Crippen molar-refractivity contribution < 1.29 is 22.4 Å². The van der Waals surface area contributed by atoms with Crippen LogP contribution in [0.5, 0.6) is 0 Å². The van der Waals surface area contributed by atoms with Crippen LogP contribution in [0.4, 0.5) is 17.6 Å². The van der Waals surface area contributed by atoms with Gasteiger partial charge >= 0.3 is 6.18 Å². The molecule has 1 amide bonds. The number of piperidine rings is 1. The molecule has 206 valence electrons. The number of halogens is 4. The van der Waals surface area contributed by atoms with Crippen LogP contribution < -0.4 is 0 Å². The van der Waals surface area contributed by atoms with Crippen molar-refractivity contribution in [3.05, 3.63) is 54.4 Å². The van der Waals surface area contributed by atoms with E-state index in [4.69, 9.17) is 0 Å². The van der Waals surface area contributed by atoms with Gasteiger partial charge in [0.1, 0.15) is 17.7 Å². The largest absolute Gasteiger partial charge is 0.436 e. The molecule has 15 heteroatoms. The van der Waals surface area contributed by atoms with Crippen molar-refractivity contribution in [1.82, 2.24) is 44.5 Å². The lowest BCUT2D eigenvalue weighted by Crippen LogP contribution is -2.66. The molecular formula is C25H22F4N10O. The second kappa shape index (κ2) is 9.63. The zero-order valence-corrected chi connectivity index (χ0v) is 20.9. The number of nitriles is 1. The molecule has 6 rings (SSSR count). The standard InChI is InChI=1S/C25H22F4N10O/c26-19-16(1-6-31-21(19)25(27,28)29)23(40)37-7-2-15(3-8-37)38-11-24(12-38,4-5-30)39-10-18(34-14-39)20-17-9-35-36-22(17)33-13-32-20/h1,6,9-10,13-15H,2-4,7-8,11-12H2,(H,32,33,35,36). The summed E-state index contributed by atoms with van der Waals surface area (Å²) in [5.74, 6) is -2.44. The Kier molecular flexibility index (Phi) is 6.21. The SMILES string of the molecule is N#CCC1(n2cnc(-c3ncnc4[nH]ncc34)c2)CN(C2CCN(C(=O)c3ccnc(C(F)(F)F)c3F)CC2)C1. The Balaban J connectivity index is 1.12. The molecule has 1 N–H and O–H groups in total. The first-order valence-corrected chi connectivity index (χ1v) is 12.5. The highest BCUT2D eigenvalue weighted by molar-refractivity contribution is 5.94. The summed E-state index contributed by atoms with van der Waals surface area (Å²) < 4.78 is 55.5. The fourth-order valence-electron chi connectivity index (χ4n) is 5.57. The smallest absolute Gasteiger partial charge is 0.338 e. The van der Waals surface area contributed by atoms with Gasteiger partial charge in [-0.15, -0.1) is 0 Å². The van der Waals surface area contributed by atoms with E-state index < -0.39 is 34.7 Å². The van der Waals surface area contributed by atoms with Crippen LogP contribution in [-0.2, 0) is 11.7 Å². The van der Waals surface area contributed by atoms with Crippen molar-refractivity contribution in [3.8, 4) is 17.5 Å². The van der Waals surface area contributed by atoms with Gasteiger partial charge in [-0.3, -0.25) is 14.8 Å². The Labute approximate surface area is 224 Å². The number of carbonyl (C=O) groups is 1. The molecule has 0 radical (unpaired) electrons. The zero-order valence-electron chi connectivity index (χ0n) is 20.9. The second-order valence-electron chi connectivity index (χ2n) is 10.0. The van der Waals surface area contributed by atoms with Crippen molar-refractivity contribution >= 4 is 16.9 Å². The van der Waals surface area contributed by atoms with E-state index in [0.29, 0.717) is 43.0 Å². The summed E-state index contributed by atoms with van der Waals surface area (Å²) in [4.78, 5) is 32.5. The topological polar surface area (TPSA) is 133 Å². The number of fused-ring (bicyclic) bond motifs is 1. The molecule has 11 nitrogen and oxygen atoms in total. The molecule has 2 aliphatic rings. The minimum absolute atomic E-state index is 0.110. The lowest BCUT2D eigenvalue weighted by Gasteiger charge is -2.54. The lowest BCUT2D eigenvalue weighted by atomic mass is 9.83. The van der Waals surface area contributed by atoms with Crippen LogP contribution in [0.15, 0.2) is 37.3 Å². The molecule has 0 saturated carbocycles. The maximum Gasteiger partial charge on any atom is 0.436 e. The van der Waals surface area contributed by atoms with Crippen LogP contribution in [0.25, 0.3) is 22.4 Å². The predicted octanol–water partition coefficient (Wildman–Crippen LogP) is 3.00. The average molecular weight is 555 g/mol. The molecule has 0 atom stereocenters. The van der Waals surface area contributed by atoms with E-state index in [1.165, 1.54) is 11.2 Å². The number of imidazole rings is 1. The van der Waals surface area contributed by atoms with Gasteiger partial charge in [0.05, 0.1) is 41.5 Å². The van der Waals surface area contributed by atoms with Crippen LogP contribution in [0.1, 0.15) is 35.3 Å². The molecule has 4 aromatic heterocycles. The summed E-state index contributed by atoms with van der Waals surface area (Å²) >= 11 is 0. The minimum Gasteiger partial charge on any atom is -0.338 e. The van der Waals surface area contributed by atoms with Gasteiger partial charge in [0, 0.05) is 44.6 Å². The van der Waals surface area contributed by atoms with Crippen LogP contribution in [-0.4, -0.2) is 82.6 Å². The van der Waals surface area contributed by atoms with Gasteiger partial charge in [-0.2, -0.15) is 23.5 Å². The summed E-state index contributed by atoms with van der Waals surface area (Å²) in [6.45, 7) is 1.73. The number of amides is 1. The van der Waals surface area contributed by atoms with Gasteiger partial charge < -0.3 is 9.47 Å². The summed E-state index contributed by atoms with van der Waals surface area (Å²) in [7, 11) is 0. The van der Waals surface area contributed by atoms with E-state index in [2.05, 4.69) is 41.1 Å². The van der Waals surface area contributed by atoms with E-state index in [9.17, 15) is 27.6 Å². The number of alkyl halides is 3. The van der Waals surface area contributed by atoms with Gasteiger partial charge in [-0.1, -0.05) is 0 Å². The molecule has 2 aliphatic heterocycles. The monoisotopic (exact) mass is 554 g/mol. The third-order valence-corrected chi connectivity index (χ3v) is 7.68. The quantitative estimate of drug-likeness (QED) is 0.373.